The molecule has 8 heteroatoms. The third-order valence-corrected chi connectivity index (χ3v) is 7.80. The topological polar surface area (TPSA) is 90.1 Å². The summed E-state index contributed by atoms with van der Waals surface area (Å²) >= 11 is 0. The van der Waals surface area contributed by atoms with Crippen LogP contribution in [0.25, 0.3) is 11.1 Å². The number of nitrogens with zero attached hydrogens (tertiary/aromatic N) is 1. The summed E-state index contributed by atoms with van der Waals surface area (Å²) in [5, 5.41) is 0. The fourth-order valence-electron chi connectivity index (χ4n) is 6.13. The van der Waals surface area contributed by atoms with E-state index in [1.54, 1.807) is 12.1 Å². The van der Waals surface area contributed by atoms with Gasteiger partial charge in [0, 0.05) is 43.0 Å². The van der Waals surface area contributed by atoms with Crippen LogP contribution >= 0.6 is 0 Å². The molecule has 1 aromatic heterocycles. The molecule has 1 aliphatic carbocycles. The number of rotatable bonds is 9. The third kappa shape index (κ3) is 6.03. The maximum atomic E-state index is 14.3. The second-order valence-electron chi connectivity index (χ2n) is 11.0. The molecule has 0 bridgehead atoms. The number of carbonyl (C=O) groups excluding carboxylic acids is 3. The fourth-order valence-corrected chi connectivity index (χ4v) is 6.13. The van der Waals surface area contributed by atoms with E-state index in [1.807, 2.05) is 26.0 Å². The van der Waals surface area contributed by atoms with Gasteiger partial charge in [0.25, 0.3) is 5.91 Å². The number of benzene rings is 3. The minimum absolute atomic E-state index is 0.00567. The lowest BCUT2D eigenvalue weighted by molar-refractivity contribution is -0.125. The minimum Gasteiger partial charge on any atom is -0.366 e. The van der Waals surface area contributed by atoms with Crippen molar-refractivity contribution in [2.24, 2.45) is 5.73 Å². The van der Waals surface area contributed by atoms with Crippen molar-refractivity contribution in [3.8, 4) is 11.1 Å². The lowest BCUT2D eigenvalue weighted by Gasteiger charge is -2.21. The highest BCUT2D eigenvalue weighted by atomic mass is 19.1. The summed E-state index contributed by atoms with van der Waals surface area (Å²) in [6.45, 7) is 3.90. The smallest absolute Gasteiger partial charge is 0.251 e. The summed E-state index contributed by atoms with van der Waals surface area (Å²) in [7, 11) is 0. The van der Waals surface area contributed by atoms with Gasteiger partial charge in [0.15, 0.2) is 0 Å². The monoisotopic (exact) mass is 570 g/mol. The molecule has 2 N–H and O–H groups in total. The predicted molar refractivity (Wildman–Crippen MR) is 153 cm³/mol. The molecular formula is C34H29F3N2O3. The summed E-state index contributed by atoms with van der Waals surface area (Å²) in [6.07, 6.45) is 1.81. The van der Waals surface area contributed by atoms with E-state index in [1.165, 1.54) is 30.5 Å². The minimum atomic E-state index is -0.936. The maximum Gasteiger partial charge on any atom is 0.251 e. The number of aryl methyl sites for hydroxylation is 2. The molecule has 5 nitrogen and oxygen atoms in total. The van der Waals surface area contributed by atoms with Crippen molar-refractivity contribution in [3.63, 3.8) is 0 Å². The van der Waals surface area contributed by atoms with Crippen molar-refractivity contribution in [3.05, 3.63) is 123 Å². The molecule has 1 unspecified atom stereocenters. The van der Waals surface area contributed by atoms with Gasteiger partial charge in [-0.25, -0.2) is 13.2 Å². The third-order valence-electron chi connectivity index (χ3n) is 7.80. The molecule has 0 fully saturated rings. The molecular weight excluding hydrogens is 541 g/mol. The standard InChI is InChI=1S/C34H29F3N2O3/c1-18-8-19(2)32-22(9-18)15-31(41)29(32)17-26(40)13-23(10-20-11-24(35)16-25(36)12-20)33-27(4-3-7-39-33)21-5-6-30(37)28(14-21)34(38)42/h3-9,11-12,14,16,23,29H,10,13,15,17H2,1-2H3,(H2,38,42)/t23-,29?/m1/s1. The van der Waals surface area contributed by atoms with Crippen LogP contribution in [0.5, 0.6) is 0 Å². The molecule has 42 heavy (non-hydrogen) atoms. The molecule has 5 rings (SSSR count). The number of aromatic nitrogens is 1. The van der Waals surface area contributed by atoms with E-state index >= 15 is 0 Å². The van der Waals surface area contributed by atoms with Gasteiger partial charge < -0.3 is 5.73 Å². The first kappa shape index (κ1) is 28.9. The summed E-state index contributed by atoms with van der Waals surface area (Å²) in [6, 6.07) is 14.4. The summed E-state index contributed by atoms with van der Waals surface area (Å²) in [5.41, 5.74) is 10.6. The van der Waals surface area contributed by atoms with E-state index in [2.05, 4.69) is 4.98 Å². The Bertz CT molecular complexity index is 1710. The van der Waals surface area contributed by atoms with Gasteiger partial charge in [0.05, 0.1) is 17.2 Å². The molecule has 0 aliphatic heterocycles. The molecule has 0 spiro atoms. The molecule has 0 saturated carbocycles. The molecule has 0 radical (unpaired) electrons. The number of primary amides is 1. The van der Waals surface area contributed by atoms with E-state index in [0.29, 0.717) is 22.4 Å². The average molecular weight is 571 g/mol. The number of nitrogens with two attached hydrogens (primary N) is 1. The van der Waals surface area contributed by atoms with Crippen LogP contribution < -0.4 is 5.73 Å². The highest BCUT2D eigenvalue weighted by molar-refractivity contribution is 5.97. The van der Waals surface area contributed by atoms with Gasteiger partial charge in [0.1, 0.15) is 29.0 Å². The number of pyridine rings is 1. The normalized spacial score (nSPS) is 15.0. The highest BCUT2D eigenvalue weighted by Gasteiger charge is 2.34. The van der Waals surface area contributed by atoms with E-state index < -0.39 is 35.2 Å². The lowest BCUT2D eigenvalue weighted by atomic mass is 9.83. The molecule has 4 aromatic rings. The van der Waals surface area contributed by atoms with E-state index in [4.69, 9.17) is 5.73 Å². The van der Waals surface area contributed by atoms with E-state index in [9.17, 15) is 27.6 Å². The average Bonchev–Trinajstić information content (AvgIpc) is 3.22. The molecule has 214 valence electrons. The zero-order valence-corrected chi connectivity index (χ0v) is 23.2. The van der Waals surface area contributed by atoms with Gasteiger partial charge in [0.2, 0.25) is 0 Å². The number of halogens is 3. The van der Waals surface area contributed by atoms with Crippen LogP contribution in [-0.2, 0) is 22.4 Å². The first-order valence-electron chi connectivity index (χ1n) is 13.6. The Kier molecular flexibility index (Phi) is 8.07. The molecule has 1 heterocycles. The van der Waals surface area contributed by atoms with Crippen molar-refractivity contribution in [1.82, 2.24) is 4.98 Å². The number of hydrogen-bond acceptors (Lipinski definition) is 4. The SMILES string of the molecule is Cc1cc(C)c2c(c1)CC(=O)C2CC(=O)C[C@@H](Cc1cc(F)cc(F)c1)c1ncccc1-c1ccc(F)c(C(N)=O)c1. The zero-order chi connectivity index (χ0) is 30.1. The quantitative estimate of drug-likeness (QED) is 0.250. The second-order valence-corrected chi connectivity index (χ2v) is 11.0. The number of fused-ring (bicyclic) bond motifs is 1. The van der Waals surface area contributed by atoms with Gasteiger partial charge in [-0.2, -0.15) is 0 Å². The Morgan fingerprint density at radius 2 is 1.74 bits per heavy atom. The van der Waals surface area contributed by atoms with Crippen molar-refractivity contribution < 1.29 is 27.6 Å². The van der Waals surface area contributed by atoms with Crippen LogP contribution in [-0.4, -0.2) is 22.5 Å². The van der Waals surface area contributed by atoms with Crippen LogP contribution in [0, 0.1) is 31.3 Å². The number of hydrogen-bond donors (Lipinski definition) is 1. The zero-order valence-electron chi connectivity index (χ0n) is 23.2. The van der Waals surface area contributed by atoms with Gasteiger partial charge >= 0.3 is 0 Å². The number of amides is 1. The highest BCUT2D eigenvalue weighted by Crippen LogP contribution is 2.38. The Morgan fingerprint density at radius 3 is 2.45 bits per heavy atom. The Hall–Kier alpha value is -4.59. The van der Waals surface area contributed by atoms with E-state index in [0.717, 1.165) is 34.4 Å². The number of Topliss-reactive ketones (excluding diaryl/α,β-unsaturated/α-hetero) is 2. The van der Waals surface area contributed by atoms with Gasteiger partial charge in [-0.05, 0) is 78.4 Å². The van der Waals surface area contributed by atoms with Crippen molar-refractivity contribution in [2.45, 2.75) is 51.4 Å². The summed E-state index contributed by atoms with van der Waals surface area (Å²) in [5.74, 6) is -4.62. The Labute approximate surface area is 241 Å². The van der Waals surface area contributed by atoms with E-state index in [-0.39, 0.29) is 42.8 Å². The fraction of sp³-hybridized carbons (Fsp3) is 0.235. The Morgan fingerprint density at radius 1 is 1.00 bits per heavy atom. The first-order valence-corrected chi connectivity index (χ1v) is 13.6. The van der Waals surface area contributed by atoms with Crippen LogP contribution in [0.2, 0.25) is 0 Å². The summed E-state index contributed by atoms with van der Waals surface area (Å²) < 4.78 is 42.5. The molecule has 3 aromatic carbocycles. The number of carbonyl (C=O) groups is 3. The van der Waals surface area contributed by atoms with Gasteiger partial charge in [-0.15, -0.1) is 0 Å². The van der Waals surface area contributed by atoms with Crippen molar-refractivity contribution in [2.75, 3.05) is 0 Å². The first-order chi connectivity index (χ1) is 20.0. The predicted octanol–water partition coefficient (Wildman–Crippen LogP) is 6.47. The van der Waals surface area contributed by atoms with Gasteiger partial charge in [-0.1, -0.05) is 29.8 Å². The molecule has 2 atom stereocenters. The van der Waals surface area contributed by atoms with Crippen molar-refractivity contribution >= 4 is 17.5 Å². The lowest BCUT2D eigenvalue weighted by Crippen LogP contribution is -2.17. The number of ketones is 2. The maximum absolute atomic E-state index is 14.3. The van der Waals surface area contributed by atoms with Crippen LogP contribution in [0.3, 0.4) is 0 Å². The molecule has 0 saturated heterocycles. The largest absolute Gasteiger partial charge is 0.366 e. The molecule has 1 amide bonds. The second kappa shape index (κ2) is 11.7. The summed E-state index contributed by atoms with van der Waals surface area (Å²) in [4.78, 5) is 43.0. The van der Waals surface area contributed by atoms with Crippen LogP contribution in [0.1, 0.15) is 68.5 Å². The van der Waals surface area contributed by atoms with Crippen LogP contribution in [0.15, 0.2) is 66.9 Å². The van der Waals surface area contributed by atoms with Crippen LogP contribution in [0.4, 0.5) is 13.2 Å². The Balaban J connectivity index is 1.52. The van der Waals surface area contributed by atoms with Gasteiger partial charge in [-0.3, -0.25) is 19.4 Å². The van der Waals surface area contributed by atoms with Crippen molar-refractivity contribution in [1.29, 1.82) is 0 Å². The molecule has 1 aliphatic rings.